The van der Waals surface area contributed by atoms with E-state index >= 15 is 0 Å². The third kappa shape index (κ3) is 6.80. The first kappa shape index (κ1) is 20.5. The summed E-state index contributed by atoms with van der Waals surface area (Å²) in [6.45, 7) is 5.97. The van der Waals surface area contributed by atoms with E-state index in [0.717, 1.165) is 0 Å². The Morgan fingerprint density at radius 1 is 1.22 bits per heavy atom. The second kappa shape index (κ2) is 8.75. The largest absolute Gasteiger partial charge is 0.480 e. The van der Waals surface area contributed by atoms with E-state index in [-0.39, 0.29) is 25.0 Å². The highest BCUT2D eigenvalue weighted by Gasteiger charge is 2.29. The molecule has 0 bridgehead atoms. The van der Waals surface area contributed by atoms with E-state index in [1.54, 1.807) is 49.9 Å². The molecule has 1 aliphatic rings. The molecule has 1 heterocycles. The number of para-hydroxylation sites is 1. The lowest BCUT2D eigenvalue weighted by Gasteiger charge is -2.25. The van der Waals surface area contributed by atoms with Crippen molar-refractivity contribution in [1.82, 2.24) is 10.2 Å². The monoisotopic (exact) mass is 377 g/mol. The van der Waals surface area contributed by atoms with Crippen molar-refractivity contribution in [1.29, 1.82) is 0 Å². The van der Waals surface area contributed by atoms with Crippen molar-refractivity contribution in [2.24, 2.45) is 0 Å². The third-order valence-corrected chi connectivity index (χ3v) is 4.04. The van der Waals surface area contributed by atoms with Crippen molar-refractivity contribution < 1.29 is 24.2 Å². The van der Waals surface area contributed by atoms with Gasteiger partial charge in [-0.25, -0.2) is 4.79 Å². The Balaban J connectivity index is 1.91. The standard InChI is InChI=1S/C19H27N3O5/c1-19(2,3)27-18(26)20-14-9-10-21(11-14)16(23)12-22(13-17(24)25)15-7-5-4-6-8-15/h4-8,14H,9-13H2,1-3H3,(H,20,26)(H,24,25). The highest BCUT2D eigenvalue weighted by Crippen LogP contribution is 2.16. The van der Waals surface area contributed by atoms with Gasteiger partial charge in [0.2, 0.25) is 5.91 Å². The summed E-state index contributed by atoms with van der Waals surface area (Å²) >= 11 is 0. The van der Waals surface area contributed by atoms with Gasteiger partial charge < -0.3 is 25.0 Å². The maximum Gasteiger partial charge on any atom is 0.407 e. The average Bonchev–Trinajstić information content (AvgIpc) is 3.01. The fourth-order valence-electron chi connectivity index (χ4n) is 2.88. The van der Waals surface area contributed by atoms with E-state index in [0.29, 0.717) is 25.2 Å². The Labute approximate surface area is 159 Å². The van der Waals surface area contributed by atoms with Gasteiger partial charge in [0, 0.05) is 18.8 Å². The Morgan fingerprint density at radius 3 is 2.48 bits per heavy atom. The van der Waals surface area contributed by atoms with E-state index in [9.17, 15) is 14.4 Å². The number of nitrogens with zero attached hydrogens (tertiary/aromatic N) is 2. The fourth-order valence-corrected chi connectivity index (χ4v) is 2.88. The molecule has 0 saturated carbocycles. The molecule has 0 radical (unpaired) electrons. The molecule has 1 aromatic rings. The molecule has 2 rings (SSSR count). The van der Waals surface area contributed by atoms with Crippen LogP contribution in [0.4, 0.5) is 10.5 Å². The van der Waals surface area contributed by atoms with Gasteiger partial charge >= 0.3 is 12.1 Å². The highest BCUT2D eigenvalue weighted by atomic mass is 16.6. The minimum absolute atomic E-state index is 0.0323. The molecule has 1 fully saturated rings. The Bertz CT molecular complexity index is 672. The maximum atomic E-state index is 12.6. The second-order valence-electron chi connectivity index (χ2n) is 7.56. The summed E-state index contributed by atoms with van der Waals surface area (Å²) in [4.78, 5) is 38.8. The van der Waals surface area contributed by atoms with Gasteiger partial charge in [-0.2, -0.15) is 0 Å². The number of anilines is 1. The number of carboxylic acid groups (broad SMARTS) is 1. The van der Waals surface area contributed by atoms with Crippen LogP contribution in [-0.2, 0) is 14.3 Å². The fraction of sp³-hybridized carbons (Fsp3) is 0.526. The molecule has 0 aromatic heterocycles. The summed E-state index contributed by atoms with van der Waals surface area (Å²) in [6, 6.07) is 8.79. The summed E-state index contributed by atoms with van der Waals surface area (Å²) in [5, 5.41) is 11.9. The van der Waals surface area contributed by atoms with Crippen LogP contribution in [0, 0.1) is 0 Å². The van der Waals surface area contributed by atoms with Crippen LogP contribution in [0.15, 0.2) is 30.3 Å². The molecule has 1 saturated heterocycles. The number of amides is 2. The number of hydrogen-bond acceptors (Lipinski definition) is 5. The number of carbonyl (C=O) groups is 3. The number of carbonyl (C=O) groups excluding carboxylic acids is 2. The lowest BCUT2D eigenvalue weighted by Crippen LogP contribution is -2.44. The zero-order valence-corrected chi connectivity index (χ0v) is 16.0. The first-order valence-corrected chi connectivity index (χ1v) is 8.93. The number of carboxylic acids is 1. The predicted molar refractivity (Wildman–Crippen MR) is 101 cm³/mol. The highest BCUT2D eigenvalue weighted by molar-refractivity contribution is 5.84. The molecule has 2 amide bonds. The number of benzene rings is 1. The summed E-state index contributed by atoms with van der Waals surface area (Å²) < 4.78 is 5.23. The molecule has 8 heteroatoms. The Kier molecular flexibility index (Phi) is 6.65. The van der Waals surface area contributed by atoms with Crippen LogP contribution >= 0.6 is 0 Å². The quantitative estimate of drug-likeness (QED) is 0.783. The van der Waals surface area contributed by atoms with E-state index in [2.05, 4.69) is 5.32 Å². The molecule has 1 aromatic carbocycles. The normalized spacial score (nSPS) is 16.7. The first-order valence-electron chi connectivity index (χ1n) is 8.93. The van der Waals surface area contributed by atoms with Crippen LogP contribution in [0.5, 0.6) is 0 Å². The van der Waals surface area contributed by atoms with Crippen LogP contribution in [-0.4, -0.2) is 65.8 Å². The van der Waals surface area contributed by atoms with E-state index in [4.69, 9.17) is 9.84 Å². The average molecular weight is 377 g/mol. The lowest BCUT2D eigenvalue weighted by atomic mass is 10.2. The molecule has 0 aliphatic carbocycles. The smallest absolute Gasteiger partial charge is 0.407 e. The van der Waals surface area contributed by atoms with Gasteiger partial charge in [-0.1, -0.05) is 18.2 Å². The van der Waals surface area contributed by atoms with Crippen LogP contribution in [0.25, 0.3) is 0 Å². The summed E-state index contributed by atoms with van der Waals surface area (Å²) in [6.07, 6.45) is 0.133. The summed E-state index contributed by atoms with van der Waals surface area (Å²) in [7, 11) is 0. The predicted octanol–water partition coefficient (Wildman–Crippen LogP) is 1.70. The third-order valence-electron chi connectivity index (χ3n) is 4.04. The lowest BCUT2D eigenvalue weighted by molar-refractivity contribution is -0.135. The molecular weight excluding hydrogens is 350 g/mol. The molecule has 2 N–H and O–H groups in total. The molecule has 8 nitrogen and oxygen atoms in total. The van der Waals surface area contributed by atoms with Crippen LogP contribution < -0.4 is 10.2 Å². The van der Waals surface area contributed by atoms with Crippen molar-refractivity contribution in [3.8, 4) is 0 Å². The van der Waals surface area contributed by atoms with Crippen LogP contribution in [0.2, 0.25) is 0 Å². The number of aliphatic carboxylic acids is 1. The minimum Gasteiger partial charge on any atom is -0.480 e. The van der Waals surface area contributed by atoms with Crippen LogP contribution in [0.3, 0.4) is 0 Å². The number of likely N-dealkylation sites (tertiary alicyclic amines) is 1. The van der Waals surface area contributed by atoms with Gasteiger partial charge in [0.1, 0.15) is 12.1 Å². The number of ether oxygens (including phenoxy) is 1. The number of rotatable bonds is 6. The number of alkyl carbamates (subject to hydrolysis) is 1. The molecule has 0 spiro atoms. The van der Waals surface area contributed by atoms with Gasteiger partial charge in [-0.3, -0.25) is 9.59 Å². The van der Waals surface area contributed by atoms with Gasteiger partial charge in [0.05, 0.1) is 12.6 Å². The van der Waals surface area contributed by atoms with Crippen LogP contribution in [0.1, 0.15) is 27.2 Å². The SMILES string of the molecule is CC(C)(C)OC(=O)NC1CCN(C(=O)CN(CC(=O)O)c2ccccc2)C1. The number of hydrogen-bond donors (Lipinski definition) is 2. The van der Waals surface area contributed by atoms with E-state index < -0.39 is 17.7 Å². The molecular formula is C19H27N3O5. The van der Waals surface area contributed by atoms with Crippen molar-refractivity contribution >= 4 is 23.7 Å². The number of nitrogens with one attached hydrogen (secondary N) is 1. The topological polar surface area (TPSA) is 99.2 Å². The van der Waals surface area contributed by atoms with Gasteiger partial charge in [-0.15, -0.1) is 0 Å². The molecule has 148 valence electrons. The molecule has 1 unspecified atom stereocenters. The molecule has 27 heavy (non-hydrogen) atoms. The summed E-state index contributed by atoms with van der Waals surface area (Å²) in [5.74, 6) is -1.17. The van der Waals surface area contributed by atoms with Crippen molar-refractivity contribution in [2.45, 2.75) is 38.8 Å². The van der Waals surface area contributed by atoms with Gasteiger partial charge in [0.25, 0.3) is 0 Å². The van der Waals surface area contributed by atoms with Gasteiger partial charge in [-0.05, 0) is 39.3 Å². The van der Waals surface area contributed by atoms with Crippen molar-refractivity contribution in [3.05, 3.63) is 30.3 Å². The second-order valence-corrected chi connectivity index (χ2v) is 7.56. The first-order chi connectivity index (χ1) is 12.6. The maximum absolute atomic E-state index is 12.6. The summed E-state index contributed by atoms with van der Waals surface area (Å²) in [5.41, 5.74) is 0.0986. The molecule has 1 atom stereocenters. The van der Waals surface area contributed by atoms with Crippen molar-refractivity contribution in [2.75, 3.05) is 31.1 Å². The van der Waals surface area contributed by atoms with E-state index in [1.165, 1.54) is 4.90 Å². The Morgan fingerprint density at radius 2 is 1.89 bits per heavy atom. The zero-order chi connectivity index (χ0) is 20.0. The minimum atomic E-state index is -1.00. The zero-order valence-electron chi connectivity index (χ0n) is 16.0. The van der Waals surface area contributed by atoms with E-state index in [1.807, 2.05) is 6.07 Å². The Hall–Kier alpha value is -2.77. The van der Waals surface area contributed by atoms with Crippen molar-refractivity contribution in [3.63, 3.8) is 0 Å². The molecule has 1 aliphatic heterocycles. The van der Waals surface area contributed by atoms with Gasteiger partial charge in [0.15, 0.2) is 0 Å².